The number of aryl methyl sites for hydroxylation is 1. The molecule has 4 rings (SSSR count). The summed E-state index contributed by atoms with van der Waals surface area (Å²) in [4.78, 5) is 27.3. The molecular weight excluding hydrogens is 376 g/mol. The molecule has 5 nitrogen and oxygen atoms in total. The molecule has 3 N–H and O–H groups in total. The first-order chi connectivity index (χ1) is 13.4. The number of H-pyrrole nitrogens is 1. The second-order valence-electron chi connectivity index (χ2n) is 6.72. The number of carbonyl (C=O) groups excluding carboxylic acids is 1. The van der Waals surface area contributed by atoms with Gasteiger partial charge in [-0.3, -0.25) is 4.79 Å². The van der Waals surface area contributed by atoms with Crippen molar-refractivity contribution in [1.29, 1.82) is 0 Å². The zero-order valence-electron chi connectivity index (χ0n) is 15.3. The van der Waals surface area contributed by atoms with E-state index in [1.54, 1.807) is 26.0 Å². The quantitative estimate of drug-likeness (QED) is 0.539. The minimum Gasteiger partial charge on any atom is -0.478 e. The Morgan fingerprint density at radius 1 is 1.14 bits per heavy atom. The number of carbonyl (C=O) groups is 2. The molecule has 1 aliphatic heterocycles. The van der Waals surface area contributed by atoms with Crippen LogP contribution in [0.15, 0.2) is 42.5 Å². The van der Waals surface area contributed by atoms with Gasteiger partial charge >= 0.3 is 5.97 Å². The number of halogens is 1. The van der Waals surface area contributed by atoms with E-state index in [0.717, 1.165) is 16.7 Å². The van der Waals surface area contributed by atoms with Crippen LogP contribution in [0.1, 0.15) is 32.9 Å². The summed E-state index contributed by atoms with van der Waals surface area (Å²) in [5.41, 5.74) is 5.74. The SMILES string of the molecule is Cc1[nH]c(C=C2C(=O)Nc3cccc(-c4cccc(Cl)c4)c32)c(C)c1C(=O)O. The lowest BCUT2D eigenvalue weighted by Gasteiger charge is -2.09. The molecule has 1 aromatic heterocycles. The van der Waals surface area contributed by atoms with Crippen molar-refractivity contribution in [1.82, 2.24) is 4.98 Å². The van der Waals surface area contributed by atoms with E-state index in [9.17, 15) is 14.7 Å². The molecule has 0 fully saturated rings. The first-order valence-electron chi connectivity index (χ1n) is 8.71. The van der Waals surface area contributed by atoms with Gasteiger partial charge in [0.1, 0.15) is 0 Å². The number of hydrogen-bond donors (Lipinski definition) is 3. The molecule has 0 saturated carbocycles. The number of nitrogens with one attached hydrogen (secondary N) is 2. The minimum absolute atomic E-state index is 0.229. The van der Waals surface area contributed by atoms with Gasteiger partial charge in [0.05, 0.1) is 11.1 Å². The Morgan fingerprint density at radius 3 is 2.57 bits per heavy atom. The Hall–Kier alpha value is -3.31. The van der Waals surface area contributed by atoms with E-state index in [1.165, 1.54) is 0 Å². The number of aromatic carboxylic acids is 1. The molecule has 1 amide bonds. The Labute approximate surface area is 166 Å². The van der Waals surface area contributed by atoms with Crippen molar-refractivity contribution in [2.75, 3.05) is 5.32 Å². The summed E-state index contributed by atoms with van der Waals surface area (Å²) in [5, 5.41) is 12.9. The number of fused-ring (bicyclic) bond motifs is 1. The minimum atomic E-state index is -0.994. The van der Waals surface area contributed by atoms with Crippen molar-refractivity contribution < 1.29 is 14.7 Å². The van der Waals surface area contributed by atoms with Crippen LogP contribution >= 0.6 is 11.6 Å². The largest absolute Gasteiger partial charge is 0.478 e. The highest BCUT2D eigenvalue weighted by atomic mass is 35.5. The van der Waals surface area contributed by atoms with Crippen molar-refractivity contribution in [3.63, 3.8) is 0 Å². The van der Waals surface area contributed by atoms with E-state index in [2.05, 4.69) is 10.3 Å². The number of benzene rings is 2. The molecule has 0 aliphatic carbocycles. The monoisotopic (exact) mass is 392 g/mol. The zero-order chi connectivity index (χ0) is 20.0. The van der Waals surface area contributed by atoms with Crippen LogP contribution in [0.3, 0.4) is 0 Å². The van der Waals surface area contributed by atoms with Crippen molar-refractivity contribution in [3.8, 4) is 11.1 Å². The Bertz CT molecular complexity index is 1170. The maximum Gasteiger partial charge on any atom is 0.337 e. The molecule has 0 unspecified atom stereocenters. The number of amides is 1. The Balaban J connectivity index is 1.92. The van der Waals surface area contributed by atoms with Gasteiger partial charge in [0.15, 0.2) is 0 Å². The highest BCUT2D eigenvalue weighted by Crippen LogP contribution is 2.41. The summed E-state index contributed by atoms with van der Waals surface area (Å²) in [6, 6.07) is 13.1. The molecule has 140 valence electrons. The fraction of sp³-hybridized carbons (Fsp3) is 0.0909. The number of aromatic nitrogens is 1. The average Bonchev–Trinajstić information content (AvgIpc) is 3.11. The maximum absolute atomic E-state index is 12.7. The van der Waals surface area contributed by atoms with E-state index in [1.807, 2.05) is 36.4 Å². The van der Waals surface area contributed by atoms with Crippen LogP contribution < -0.4 is 5.32 Å². The number of carboxylic acids is 1. The lowest BCUT2D eigenvalue weighted by atomic mass is 9.94. The molecule has 0 bridgehead atoms. The van der Waals surface area contributed by atoms with Crippen LogP contribution in [0.5, 0.6) is 0 Å². The Morgan fingerprint density at radius 2 is 1.89 bits per heavy atom. The van der Waals surface area contributed by atoms with Gasteiger partial charge in [0.2, 0.25) is 0 Å². The zero-order valence-corrected chi connectivity index (χ0v) is 16.0. The Kier molecular flexibility index (Phi) is 4.32. The van der Waals surface area contributed by atoms with E-state index < -0.39 is 5.97 Å². The summed E-state index contributed by atoms with van der Waals surface area (Å²) in [6.45, 7) is 3.44. The molecule has 2 heterocycles. The van der Waals surface area contributed by atoms with Crippen molar-refractivity contribution >= 4 is 40.8 Å². The van der Waals surface area contributed by atoms with Crippen LogP contribution in [0.2, 0.25) is 5.02 Å². The smallest absolute Gasteiger partial charge is 0.337 e. The number of anilines is 1. The van der Waals surface area contributed by atoms with Gasteiger partial charge in [0, 0.05) is 27.7 Å². The molecule has 0 radical (unpaired) electrons. The molecule has 1 aliphatic rings. The summed E-state index contributed by atoms with van der Waals surface area (Å²) >= 11 is 6.15. The highest BCUT2D eigenvalue weighted by Gasteiger charge is 2.28. The molecule has 0 saturated heterocycles. The van der Waals surface area contributed by atoms with Gasteiger partial charge in [-0.2, -0.15) is 0 Å². The van der Waals surface area contributed by atoms with E-state index >= 15 is 0 Å². The van der Waals surface area contributed by atoms with E-state index in [0.29, 0.717) is 33.2 Å². The second kappa shape index (κ2) is 6.69. The highest BCUT2D eigenvalue weighted by molar-refractivity contribution is 6.36. The maximum atomic E-state index is 12.7. The molecule has 2 aromatic carbocycles. The predicted octanol–water partition coefficient (Wildman–Crippen LogP) is 5.14. The standard InChI is InChI=1S/C22H17ClN2O3/c1-11-18(24-12(2)19(11)22(27)28)10-16-20-15(13-5-3-6-14(23)9-13)7-4-8-17(20)25-21(16)26/h3-10,24H,1-2H3,(H,25,26)(H,27,28). The molecular formula is C22H17ClN2O3. The van der Waals surface area contributed by atoms with E-state index in [-0.39, 0.29) is 11.5 Å². The van der Waals surface area contributed by atoms with Gasteiger partial charge in [-0.15, -0.1) is 0 Å². The first-order valence-corrected chi connectivity index (χ1v) is 9.09. The van der Waals surface area contributed by atoms with Gasteiger partial charge < -0.3 is 15.4 Å². The van der Waals surface area contributed by atoms with Crippen molar-refractivity contribution in [3.05, 3.63) is 75.6 Å². The van der Waals surface area contributed by atoms with E-state index in [4.69, 9.17) is 11.6 Å². The number of aromatic amines is 1. The summed E-state index contributed by atoms with van der Waals surface area (Å²) in [6.07, 6.45) is 1.71. The summed E-state index contributed by atoms with van der Waals surface area (Å²) in [5.74, 6) is -1.22. The molecule has 0 atom stereocenters. The molecule has 3 aromatic rings. The fourth-order valence-corrected chi connectivity index (χ4v) is 3.86. The van der Waals surface area contributed by atoms with Crippen molar-refractivity contribution in [2.45, 2.75) is 13.8 Å². The van der Waals surface area contributed by atoms with Crippen molar-refractivity contribution in [2.24, 2.45) is 0 Å². The summed E-state index contributed by atoms with van der Waals surface area (Å²) in [7, 11) is 0. The third-order valence-corrected chi connectivity index (χ3v) is 5.18. The third-order valence-electron chi connectivity index (χ3n) is 4.94. The third kappa shape index (κ3) is 2.90. The lowest BCUT2D eigenvalue weighted by Crippen LogP contribution is -2.03. The fourth-order valence-electron chi connectivity index (χ4n) is 3.67. The number of hydrogen-bond acceptors (Lipinski definition) is 2. The lowest BCUT2D eigenvalue weighted by molar-refractivity contribution is -0.110. The van der Waals surface area contributed by atoms with Crippen LogP contribution in [-0.4, -0.2) is 22.0 Å². The molecule has 0 spiro atoms. The normalized spacial score (nSPS) is 14.2. The van der Waals surface area contributed by atoms with Gasteiger partial charge in [-0.05, 0) is 54.8 Å². The molecule has 6 heteroatoms. The summed E-state index contributed by atoms with van der Waals surface area (Å²) < 4.78 is 0. The van der Waals surface area contributed by atoms with Gasteiger partial charge in [-0.1, -0.05) is 35.9 Å². The molecule has 28 heavy (non-hydrogen) atoms. The first kappa shape index (κ1) is 18.1. The second-order valence-corrected chi connectivity index (χ2v) is 7.16. The van der Waals surface area contributed by atoms with Crippen LogP contribution in [0.25, 0.3) is 22.8 Å². The number of carboxylic acid groups (broad SMARTS) is 1. The van der Waals surface area contributed by atoms with Gasteiger partial charge in [0.25, 0.3) is 5.91 Å². The topological polar surface area (TPSA) is 82.2 Å². The van der Waals surface area contributed by atoms with Gasteiger partial charge in [-0.25, -0.2) is 4.79 Å². The number of rotatable bonds is 3. The van der Waals surface area contributed by atoms with Crippen LogP contribution in [0, 0.1) is 13.8 Å². The average molecular weight is 393 g/mol. The van der Waals surface area contributed by atoms with Crippen LogP contribution in [-0.2, 0) is 4.79 Å². The van der Waals surface area contributed by atoms with Crippen LogP contribution in [0.4, 0.5) is 5.69 Å². The predicted molar refractivity (Wildman–Crippen MR) is 111 cm³/mol.